The van der Waals surface area contributed by atoms with Crippen LogP contribution in [0, 0.1) is 0 Å². The Labute approximate surface area is 138 Å². The Morgan fingerprint density at radius 3 is 2.82 bits per heavy atom. The number of thiazole rings is 1. The van der Waals surface area contributed by atoms with Gasteiger partial charge >= 0.3 is 6.03 Å². The summed E-state index contributed by atoms with van der Waals surface area (Å²) in [4.78, 5) is 22.0. The molecule has 0 spiro atoms. The van der Waals surface area contributed by atoms with Gasteiger partial charge in [-0.05, 0) is 18.4 Å². The van der Waals surface area contributed by atoms with Crippen LogP contribution in [0.15, 0.2) is 22.9 Å². The van der Waals surface area contributed by atoms with Crippen molar-refractivity contribution in [1.82, 2.24) is 20.1 Å². The first-order chi connectivity index (χ1) is 10.8. The van der Waals surface area contributed by atoms with Crippen LogP contribution in [0.5, 0.6) is 0 Å². The van der Waals surface area contributed by atoms with Gasteiger partial charge in [0.1, 0.15) is 5.01 Å². The van der Waals surface area contributed by atoms with Crippen molar-refractivity contribution < 1.29 is 4.79 Å². The topological polar surface area (TPSA) is 48.5 Å². The lowest BCUT2D eigenvalue weighted by Gasteiger charge is -2.34. The predicted octanol–water partition coefficient (Wildman–Crippen LogP) is 2.72. The second-order valence-corrected chi connectivity index (χ2v) is 7.09. The van der Waals surface area contributed by atoms with Gasteiger partial charge in [0, 0.05) is 38.1 Å². The highest BCUT2D eigenvalue weighted by Crippen LogP contribution is 2.26. The van der Waals surface area contributed by atoms with E-state index in [-0.39, 0.29) is 6.03 Å². The first-order valence-corrected chi connectivity index (χ1v) is 9.25. The lowest BCUT2D eigenvalue weighted by molar-refractivity contribution is 0.135. The molecule has 1 N–H and O–H groups in total. The Morgan fingerprint density at radius 1 is 1.32 bits per heavy atom. The third-order valence-electron chi connectivity index (χ3n) is 3.67. The molecule has 1 saturated heterocycles. The van der Waals surface area contributed by atoms with E-state index in [0.717, 1.165) is 43.4 Å². The first-order valence-electron chi connectivity index (χ1n) is 7.49. The number of nitrogens with one attached hydrogen (secondary N) is 1. The summed E-state index contributed by atoms with van der Waals surface area (Å²) in [7, 11) is 0. The number of nitrogens with zero attached hydrogens (tertiary/aromatic N) is 3. The molecule has 2 amide bonds. The van der Waals surface area contributed by atoms with E-state index in [0.29, 0.717) is 6.54 Å². The summed E-state index contributed by atoms with van der Waals surface area (Å²) < 4.78 is 0. The molecule has 7 heteroatoms. The van der Waals surface area contributed by atoms with Crippen molar-refractivity contribution in [3.05, 3.63) is 27.9 Å². The van der Waals surface area contributed by atoms with Gasteiger partial charge in [-0.1, -0.05) is 6.07 Å². The van der Waals surface area contributed by atoms with E-state index < -0.39 is 0 Å². The van der Waals surface area contributed by atoms with E-state index in [1.54, 1.807) is 22.7 Å². The van der Waals surface area contributed by atoms with Crippen molar-refractivity contribution in [2.45, 2.75) is 13.5 Å². The summed E-state index contributed by atoms with van der Waals surface area (Å²) in [5.41, 5.74) is 1.08. The summed E-state index contributed by atoms with van der Waals surface area (Å²) in [6, 6.07) is 4.21. The largest absolute Gasteiger partial charge is 0.338 e. The van der Waals surface area contributed by atoms with Gasteiger partial charge in [0.25, 0.3) is 0 Å². The van der Waals surface area contributed by atoms with Crippen molar-refractivity contribution >= 4 is 28.7 Å². The van der Waals surface area contributed by atoms with Crippen LogP contribution in [0.2, 0.25) is 0 Å². The average molecular weight is 336 g/mol. The van der Waals surface area contributed by atoms with E-state index >= 15 is 0 Å². The summed E-state index contributed by atoms with van der Waals surface area (Å²) in [6.07, 6.45) is 0. The molecule has 3 rings (SSSR count). The maximum Gasteiger partial charge on any atom is 0.317 e. The number of piperazine rings is 1. The van der Waals surface area contributed by atoms with Crippen LogP contribution in [-0.4, -0.2) is 53.5 Å². The van der Waals surface area contributed by atoms with Crippen LogP contribution in [0.25, 0.3) is 10.6 Å². The maximum atomic E-state index is 11.8. The van der Waals surface area contributed by atoms with Crippen LogP contribution >= 0.6 is 22.7 Å². The molecular weight excluding hydrogens is 316 g/mol. The number of aromatic nitrogens is 1. The fourth-order valence-electron chi connectivity index (χ4n) is 2.48. The van der Waals surface area contributed by atoms with Crippen LogP contribution in [0.4, 0.5) is 4.79 Å². The highest BCUT2D eigenvalue weighted by Gasteiger charge is 2.21. The molecule has 1 fully saturated rings. The minimum absolute atomic E-state index is 0.0522. The van der Waals surface area contributed by atoms with Gasteiger partial charge in [0.05, 0.1) is 17.1 Å². The van der Waals surface area contributed by atoms with Gasteiger partial charge in [-0.2, -0.15) is 0 Å². The Kier molecular flexibility index (Phi) is 5.07. The normalized spacial score (nSPS) is 16.0. The summed E-state index contributed by atoms with van der Waals surface area (Å²) in [5, 5.41) is 8.22. The molecule has 0 radical (unpaired) electrons. The fourth-order valence-corrected chi connectivity index (χ4v) is 4.08. The SMILES string of the molecule is CCNC(=O)N1CCN(Cc2nc(-c3cccs3)cs2)CC1. The van der Waals surface area contributed by atoms with Crippen molar-refractivity contribution in [1.29, 1.82) is 0 Å². The van der Waals surface area contributed by atoms with Crippen LogP contribution in [0.3, 0.4) is 0 Å². The molecule has 0 aliphatic carbocycles. The maximum absolute atomic E-state index is 11.8. The smallest absolute Gasteiger partial charge is 0.317 e. The van der Waals surface area contributed by atoms with Gasteiger partial charge in [0.15, 0.2) is 0 Å². The summed E-state index contributed by atoms with van der Waals surface area (Å²) in [6.45, 7) is 6.89. The highest BCUT2D eigenvalue weighted by molar-refractivity contribution is 7.14. The fraction of sp³-hybridized carbons (Fsp3) is 0.467. The molecule has 3 heterocycles. The lowest BCUT2D eigenvalue weighted by Crippen LogP contribution is -2.51. The molecule has 1 aliphatic rings. The minimum Gasteiger partial charge on any atom is -0.338 e. The number of carbonyl (C=O) groups is 1. The Bertz CT molecular complexity index is 603. The van der Waals surface area contributed by atoms with Crippen molar-refractivity contribution in [2.24, 2.45) is 0 Å². The summed E-state index contributed by atoms with van der Waals surface area (Å²) >= 11 is 3.44. The zero-order valence-electron chi connectivity index (χ0n) is 12.6. The second-order valence-electron chi connectivity index (χ2n) is 5.20. The molecule has 0 bridgehead atoms. The van der Waals surface area contributed by atoms with Gasteiger partial charge in [0.2, 0.25) is 0 Å². The monoisotopic (exact) mass is 336 g/mol. The minimum atomic E-state index is 0.0522. The third-order valence-corrected chi connectivity index (χ3v) is 5.40. The number of hydrogen-bond donors (Lipinski definition) is 1. The predicted molar refractivity (Wildman–Crippen MR) is 91.3 cm³/mol. The number of rotatable bonds is 4. The van der Waals surface area contributed by atoms with Gasteiger partial charge in [-0.3, -0.25) is 4.90 Å². The van der Waals surface area contributed by atoms with E-state index in [9.17, 15) is 4.79 Å². The number of thiophene rings is 1. The van der Waals surface area contributed by atoms with E-state index in [1.807, 2.05) is 11.8 Å². The van der Waals surface area contributed by atoms with Crippen molar-refractivity contribution in [3.63, 3.8) is 0 Å². The Balaban J connectivity index is 1.52. The molecule has 0 saturated carbocycles. The molecule has 118 valence electrons. The number of amides is 2. The zero-order chi connectivity index (χ0) is 15.4. The van der Waals surface area contributed by atoms with Crippen LogP contribution in [-0.2, 0) is 6.54 Å². The molecule has 0 aromatic carbocycles. The molecular formula is C15H20N4OS2. The zero-order valence-corrected chi connectivity index (χ0v) is 14.3. The van der Waals surface area contributed by atoms with Gasteiger partial charge in [-0.25, -0.2) is 9.78 Å². The van der Waals surface area contributed by atoms with Crippen LogP contribution < -0.4 is 5.32 Å². The number of hydrogen-bond acceptors (Lipinski definition) is 5. The Hall–Kier alpha value is -1.44. The van der Waals surface area contributed by atoms with Crippen LogP contribution in [0.1, 0.15) is 11.9 Å². The molecule has 2 aromatic heterocycles. The highest BCUT2D eigenvalue weighted by atomic mass is 32.1. The Morgan fingerprint density at radius 2 is 2.14 bits per heavy atom. The number of carbonyl (C=O) groups excluding carboxylic acids is 1. The molecule has 22 heavy (non-hydrogen) atoms. The molecule has 5 nitrogen and oxygen atoms in total. The summed E-state index contributed by atoms with van der Waals surface area (Å²) in [5.74, 6) is 0. The standard InChI is InChI=1S/C15H20N4OS2/c1-2-16-15(20)19-7-5-18(6-8-19)10-14-17-12(11-22-14)13-4-3-9-21-13/h3-4,9,11H,2,5-8,10H2,1H3,(H,16,20). The first kappa shape index (κ1) is 15.5. The van der Waals surface area contributed by atoms with E-state index in [1.165, 1.54) is 4.88 Å². The number of urea groups is 1. The average Bonchev–Trinajstić information content (AvgIpc) is 3.19. The molecule has 2 aromatic rings. The van der Waals surface area contributed by atoms with E-state index in [4.69, 9.17) is 4.98 Å². The third kappa shape index (κ3) is 3.66. The van der Waals surface area contributed by atoms with E-state index in [2.05, 4.69) is 33.1 Å². The van der Waals surface area contributed by atoms with Gasteiger partial charge in [-0.15, -0.1) is 22.7 Å². The molecule has 1 aliphatic heterocycles. The molecule has 0 unspecified atom stereocenters. The second kappa shape index (κ2) is 7.21. The van der Waals surface area contributed by atoms with Gasteiger partial charge < -0.3 is 10.2 Å². The quantitative estimate of drug-likeness (QED) is 0.934. The molecule has 0 atom stereocenters. The van der Waals surface area contributed by atoms with Crippen molar-refractivity contribution in [2.75, 3.05) is 32.7 Å². The lowest BCUT2D eigenvalue weighted by atomic mass is 10.3. The van der Waals surface area contributed by atoms with Crippen molar-refractivity contribution in [3.8, 4) is 10.6 Å².